The third-order valence-electron chi connectivity index (χ3n) is 2.92. The van der Waals surface area contributed by atoms with E-state index < -0.39 is 0 Å². The molecule has 17 heavy (non-hydrogen) atoms. The van der Waals surface area contributed by atoms with Gasteiger partial charge in [-0.15, -0.1) is 11.6 Å². The molecule has 2 rings (SSSR count). The van der Waals surface area contributed by atoms with Gasteiger partial charge in [-0.1, -0.05) is 0 Å². The molecule has 1 aromatic heterocycles. The van der Waals surface area contributed by atoms with Crippen LogP contribution in [0.15, 0.2) is 6.33 Å². The van der Waals surface area contributed by atoms with E-state index in [0.717, 1.165) is 17.9 Å². The largest absolute Gasteiger partial charge is 0.478 e. The van der Waals surface area contributed by atoms with Crippen LogP contribution in [0.25, 0.3) is 0 Å². The summed E-state index contributed by atoms with van der Waals surface area (Å²) in [6, 6.07) is 0. The fraction of sp³-hybridized carbons (Fsp3) is 0.667. The normalized spacial score (nSPS) is 16.6. The second-order valence-electron chi connectivity index (χ2n) is 4.32. The highest BCUT2D eigenvalue weighted by Crippen LogP contribution is 2.35. The molecule has 1 saturated carbocycles. The van der Waals surface area contributed by atoms with Crippen LogP contribution in [-0.2, 0) is 0 Å². The van der Waals surface area contributed by atoms with Crippen molar-refractivity contribution in [1.82, 2.24) is 9.97 Å². The molecule has 1 N–H and O–H groups in total. The van der Waals surface area contributed by atoms with Crippen LogP contribution in [0.1, 0.15) is 25.3 Å². The summed E-state index contributed by atoms with van der Waals surface area (Å²) in [5, 5.41) is 3.46. The summed E-state index contributed by atoms with van der Waals surface area (Å²) in [7, 11) is 0. The Balaban J connectivity index is 1.96. The molecule has 1 fully saturated rings. The molecule has 4 nitrogen and oxygen atoms in total. The lowest BCUT2D eigenvalue weighted by molar-refractivity contribution is 0.324. The predicted molar refractivity (Wildman–Crippen MR) is 68.8 cm³/mol. The number of ether oxygens (including phenoxy) is 1. The topological polar surface area (TPSA) is 47.0 Å². The molecular formula is C12H18ClN3O. The number of aromatic nitrogens is 2. The number of anilines is 1. The lowest BCUT2D eigenvalue weighted by Gasteiger charge is -2.13. The van der Waals surface area contributed by atoms with Crippen molar-refractivity contribution in [3.63, 3.8) is 0 Å². The van der Waals surface area contributed by atoms with Crippen LogP contribution in [-0.4, -0.2) is 28.5 Å². The summed E-state index contributed by atoms with van der Waals surface area (Å²) in [4.78, 5) is 8.31. The van der Waals surface area contributed by atoms with E-state index in [1.54, 1.807) is 0 Å². The Morgan fingerprint density at radius 2 is 2.29 bits per heavy atom. The average molecular weight is 256 g/mol. The Morgan fingerprint density at radius 1 is 1.53 bits per heavy atom. The molecule has 0 amide bonds. The molecule has 0 aliphatic heterocycles. The third-order valence-corrected chi connectivity index (χ3v) is 3.43. The van der Waals surface area contributed by atoms with Crippen LogP contribution in [0.3, 0.4) is 0 Å². The van der Waals surface area contributed by atoms with Crippen molar-refractivity contribution < 1.29 is 4.74 Å². The van der Waals surface area contributed by atoms with Gasteiger partial charge in [0.25, 0.3) is 0 Å². The van der Waals surface area contributed by atoms with Gasteiger partial charge in [0.15, 0.2) is 0 Å². The fourth-order valence-electron chi connectivity index (χ4n) is 1.71. The Labute approximate surface area is 107 Å². The minimum absolute atomic E-state index is 0.194. The first-order valence-corrected chi connectivity index (χ1v) is 6.48. The smallest absolute Gasteiger partial charge is 0.221 e. The monoisotopic (exact) mass is 255 g/mol. The molecule has 1 aromatic rings. The van der Waals surface area contributed by atoms with E-state index in [1.807, 2.05) is 13.8 Å². The van der Waals surface area contributed by atoms with Crippen molar-refractivity contribution in [1.29, 1.82) is 0 Å². The van der Waals surface area contributed by atoms with Gasteiger partial charge in [0.1, 0.15) is 12.1 Å². The quantitative estimate of drug-likeness (QED) is 0.794. The maximum Gasteiger partial charge on any atom is 0.221 e. The molecule has 0 aromatic carbocycles. The van der Waals surface area contributed by atoms with E-state index in [1.165, 1.54) is 19.2 Å². The Morgan fingerprint density at radius 3 is 2.94 bits per heavy atom. The second-order valence-corrected chi connectivity index (χ2v) is 4.88. The van der Waals surface area contributed by atoms with Gasteiger partial charge in [0, 0.05) is 6.54 Å². The third kappa shape index (κ3) is 3.22. The number of hydrogen-bond donors (Lipinski definition) is 1. The Bertz CT molecular complexity index is 382. The minimum atomic E-state index is 0.194. The first-order chi connectivity index (χ1) is 8.22. The van der Waals surface area contributed by atoms with E-state index >= 15 is 0 Å². The highest BCUT2D eigenvalue weighted by Gasteiger charge is 2.29. The Kier molecular flexibility index (Phi) is 4.05. The zero-order valence-corrected chi connectivity index (χ0v) is 11.0. The van der Waals surface area contributed by atoms with Gasteiger partial charge in [0.05, 0.1) is 17.5 Å². The van der Waals surface area contributed by atoms with Gasteiger partial charge in [-0.3, -0.25) is 0 Å². The molecule has 1 atom stereocenters. The molecular weight excluding hydrogens is 238 g/mol. The second kappa shape index (κ2) is 5.54. The Hall–Kier alpha value is -1.03. The van der Waals surface area contributed by atoms with Crippen LogP contribution >= 0.6 is 11.6 Å². The number of nitrogens with zero attached hydrogens (tertiary/aromatic N) is 2. The van der Waals surface area contributed by atoms with E-state index in [9.17, 15) is 0 Å². The highest BCUT2D eigenvalue weighted by molar-refractivity contribution is 6.21. The molecule has 1 heterocycles. The van der Waals surface area contributed by atoms with E-state index in [0.29, 0.717) is 18.4 Å². The highest BCUT2D eigenvalue weighted by atomic mass is 35.5. The molecule has 0 saturated heterocycles. The van der Waals surface area contributed by atoms with E-state index in [4.69, 9.17) is 16.3 Å². The first kappa shape index (κ1) is 12.4. The molecule has 1 aliphatic carbocycles. The first-order valence-electron chi connectivity index (χ1n) is 6.04. The van der Waals surface area contributed by atoms with Crippen molar-refractivity contribution in [3.05, 3.63) is 11.9 Å². The SMILES string of the molecule is CCOc1ncnc(NCC(Cl)C2CC2)c1C. The van der Waals surface area contributed by atoms with E-state index in [-0.39, 0.29) is 5.38 Å². The summed E-state index contributed by atoms with van der Waals surface area (Å²) in [5.41, 5.74) is 0.939. The van der Waals surface area contributed by atoms with Crippen LogP contribution < -0.4 is 10.1 Å². The summed E-state index contributed by atoms with van der Waals surface area (Å²) in [6.45, 7) is 5.25. The fourth-order valence-corrected chi connectivity index (χ4v) is 2.04. The van der Waals surface area contributed by atoms with Crippen molar-refractivity contribution in [2.75, 3.05) is 18.5 Å². The lowest BCUT2D eigenvalue weighted by Crippen LogP contribution is -2.17. The molecule has 0 radical (unpaired) electrons. The van der Waals surface area contributed by atoms with E-state index in [2.05, 4.69) is 15.3 Å². The van der Waals surface area contributed by atoms with Gasteiger partial charge in [-0.25, -0.2) is 9.97 Å². The van der Waals surface area contributed by atoms with Crippen molar-refractivity contribution >= 4 is 17.4 Å². The van der Waals surface area contributed by atoms with Crippen molar-refractivity contribution in [2.45, 2.75) is 32.1 Å². The molecule has 0 spiro atoms. The zero-order valence-electron chi connectivity index (χ0n) is 10.2. The number of hydrogen-bond acceptors (Lipinski definition) is 4. The molecule has 0 bridgehead atoms. The standard InChI is InChI=1S/C12H18ClN3O/c1-3-17-12-8(2)11(15-7-16-12)14-6-10(13)9-4-5-9/h7,9-10H,3-6H2,1-2H3,(H,14,15,16). The van der Waals surface area contributed by atoms with Crippen molar-refractivity contribution in [2.24, 2.45) is 5.92 Å². The number of nitrogens with one attached hydrogen (secondary N) is 1. The van der Waals surface area contributed by atoms with Crippen LogP contribution in [0.5, 0.6) is 5.88 Å². The van der Waals surface area contributed by atoms with Crippen LogP contribution in [0.4, 0.5) is 5.82 Å². The van der Waals surface area contributed by atoms with Gasteiger partial charge in [-0.2, -0.15) is 0 Å². The van der Waals surface area contributed by atoms with Crippen LogP contribution in [0, 0.1) is 12.8 Å². The maximum absolute atomic E-state index is 6.24. The zero-order chi connectivity index (χ0) is 12.3. The molecule has 1 unspecified atom stereocenters. The molecule has 5 heteroatoms. The predicted octanol–water partition coefficient (Wildman–Crippen LogP) is 2.61. The minimum Gasteiger partial charge on any atom is -0.478 e. The number of rotatable bonds is 6. The lowest BCUT2D eigenvalue weighted by atomic mass is 10.2. The number of halogens is 1. The average Bonchev–Trinajstić information content (AvgIpc) is 3.14. The maximum atomic E-state index is 6.24. The molecule has 94 valence electrons. The summed E-state index contributed by atoms with van der Waals surface area (Å²) < 4.78 is 5.42. The van der Waals surface area contributed by atoms with Crippen LogP contribution in [0.2, 0.25) is 0 Å². The molecule has 1 aliphatic rings. The summed E-state index contributed by atoms with van der Waals surface area (Å²) in [5.74, 6) is 2.13. The van der Waals surface area contributed by atoms with Crippen molar-refractivity contribution in [3.8, 4) is 5.88 Å². The van der Waals surface area contributed by atoms with Gasteiger partial charge < -0.3 is 10.1 Å². The van der Waals surface area contributed by atoms with Gasteiger partial charge in [0.2, 0.25) is 5.88 Å². The van der Waals surface area contributed by atoms with Gasteiger partial charge >= 0.3 is 0 Å². The number of alkyl halides is 1. The summed E-state index contributed by atoms with van der Waals surface area (Å²) in [6.07, 6.45) is 4.02. The summed E-state index contributed by atoms with van der Waals surface area (Å²) >= 11 is 6.24. The van der Waals surface area contributed by atoms with Gasteiger partial charge in [-0.05, 0) is 32.6 Å².